The van der Waals surface area contributed by atoms with E-state index in [4.69, 9.17) is 18.9 Å². The van der Waals surface area contributed by atoms with Crippen LogP contribution in [0.5, 0.6) is 0 Å². The number of ether oxygens (including phenoxy) is 4. The second-order valence-electron chi connectivity index (χ2n) is 30.1. The minimum atomic E-state index is -1.43. The van der Waals surface area contributed by atoms with E-state index >= 15 is 0 Å². The van der Waals surface area contributed by atoms with Gasteiger partial charge in [0.25, 0.3) is 0 Å². The van der Waals surface area contributed by atoms with Gasteiger partial charge in [-0.15, -0.1) is 0 Å². The van der Waals surface area contributed by atoms with Gasteiger partial charge in [-0.2, -0.15) is 0 Å². The van der Waals surface area contributed by atoms with Crippen molar-refractivity contribution >= 4 is 53.2 Å². The van der Waals surface area contributed by atoms with Crippen molar-refractivity contribution in [2.24, 2.45) is 56.2 Å². The topological polar surface area (TPSA) is 271 Å². The molecule has 83 heavy (non-hydrogen) atoms. The molecule has 0 rings (SSSR count). The molecule has 6 N–H and O–H groups in total. The largest absolute Gasteiger partial charge is 0.465 e. The third-order valence-corrected chi connectivity index (χ3v) is 15.8. The first-order valence-electron chi connectivity index (χ1n) is 30.3. The summed E-state index contributed by atoms with van der Waals surface area (Å²) in [5.41, 5.74) is -6.78. The van der Waals surface area contributed by atoms with Crippen LogP contribution in [0.3, 0.4) is 0 Å². The number of esters is 4. The number of carbonyl (C=O) groups excluding carboxylic acids is 9. The number of aliphatic hydroxyl groups is 1. The lowest BCUT2D eigenvalue weighted by molar-refractivity contribution is -0.152. The van der Waals surface area contributed by atoms with Gasteiger partial charge >= 0.3 is 23.9 Å². The number of carbonyl (C=O) groups is 9. The maximum absolute atomic E-state index is 14.7. The number of Topliss-reactive ketones (excluding diaryl/α,β-unsaturated/α-hetero) is 2. The van der Waals surface area contributed by atoms with Crippen molar-refractivity contribution in [3.8, 4) is 0 Å². The third kappa shape index (κ3) is 25.6. The molecular formula is C64H117N5O14. The highest BCUT2D eigenvalue weighted by Gasteiger charge is 2.52. The van der Waals surface area contributed by atoms with E-state index < -0.39 is 110 Å². The first-order valence-corrected chi connectivity index (χ1v) is 30.3. The number of nitrogens with one attached hydrogen (secondary N) is 5. The molecule has 0 aromatic heterocycles. The number of aliphatic hydroxyl groups excluding tert-OH is 1. The molecule has 0 aliphatic carbocycles. The van der Waals surface area contributed by atoms with E-state index in [1.807, 2.05) is 111 Å². The molecule has 0 fully saturated rings. The van der Waals surface area contributed by atoms with Gasteiger partial charge in [0.05, 0.1) is 33.0 Å². The van der Waals surface area contributed by atoms with Crippen molar-refractivity contribution in [1.29, 1.82) is 0 Å². The maximum atomic E-state index is 14.7. The van der Waals surface area contributed by atoms with Crippen LogP contribution in [0.15, 0.2) is 0 Å². The molecule has 0 aromatic rings. The van der Waals surface area contributed by atoms with E-state index in [0.29, 0.717) is 38.5 Å². The molecule has 0 aliphatic heterocycles. The Hall–Kier alpha value is -4.49. The Morgan fingerprint density at radius 2 is 0.735 bits per heavy atom. The van der Waals surface area contributed by atoms with Gasteiger partial charge in [0, 0.05) is 43.6 Å². The Bertz CT molecular complexity index is 2160. The summed E-state index contributed by atoms with van der Waals surface area (Å²) in [5, 5.41) is 25.1. The van der Waals surface area contributed by atoms with Crippen molar-refractivity contribution in [1.82, 2.24) is 26.6 Å². The van der Waals surface area contributed by atoms with Gasteiger partial charge in [0.15, 0.2) is 0 Å². The highest BCUT2D eigenvalue weighted by molar-refractivity contribution is 5.94. The molecule has 0 saturated heterocycles. The summed E-state index contributed by atoms with van der Waals surface area (Å²) in [6.45, 7) is 47.1. The second-order valence-corrected chi connectivity index (χ2v) is 30.1. The average molecular weight is 1180 g/mol. The zero-order valence-corrected chi connectivity index (χ0v) is 56.4. The molecule has 482 valence electrons. The average Bonchev–Trinajstić information content (AvgIpc) is 3.39. The molecule has 0 aliphatic rings. The molecule has 0 heterocycles. The SMILES string of the molecule is CC(C)C(NC(=O)C(CO)NC(=O)C(C)(C)CC(C)(C)C(=O)C(C)(C)C(C)(C)NC(C(=O)OCCCCOC(=O)C(NC(=O)C(C)(C)CCC(C)(C)C(=O)C(C)(C)C)C(C)C)C(C)C)C(=O)OCCCCOC(=O)C(NC(C)(C)C)C(C)C. The monoisotopic (exact) mass is 1180 g/mol. The number of hydrogen-bond acceptors (Lipinski definition) is 16. The smallest absolute Gasteiger partial charge is 0.328 e. The van der Waals surface area contributed by atoms with Gasteiger partial charge in [0.1, 0.15) is 41.8 Å². The summed E-state index contributed by atoms with van der Waals surface area (Å²) in [5.74, 6) is -4.82. The Morgan fingerprint density at radius 3 is 1.08 bits per heavy atom. The normalized spacial score (nSPS) is 15.0. The van der Waals surface area contributed by atoms with Crippen molar-refractivity contribution in [3.05, 3.63) is 0 Å². The summed E-state index contributed by atoms with van der Waals surface area (Å²) < 4.78 is 22.3. The molecule has 0 saturated carbocycles. The first-order chi connectivity index (χ1) is 37.4. The molecule has 5 atom stereocenters. The maximum Gasteiger partial charge on any atom is 0.328 e. The lowest BCUT2D eigenvalue weighted by Gasteiger charge is -2.47. The van der Waals surface area contributed by atoms with Crippen LogP contribution in [0.4, 0.5) is 0 Å². The Labute approximate surface area is 500 Å². The van der Waals surface area contributed by atoms with E-state index in [0.717, 1.165) is 0 Å². The van der Waals surface area contributed by atoms with Crippen LogP contribution in [0.2, 0.25) is 0 Å². The summed E-state index contributed by atoms with van der Waals surface area (Å²) in [7, 11) is 0. The van der Waals surface area contributed by atoms with Crippen LogP contribution in [0.25, 0.3) is 0 Å². The van der Waals surface area contributed by atoms with Crippen molar-refractivity contribution in [3.63, 3.8) is 0 Å². The van der Waals surface area contributed by atoms with Crippen LogP contribution < -0.4 is 26.6 Å². The van der Waals surface area contributed by atoms with E-state index in [1.54, 1.807) is 69.2 Å². The summed E-state index contributed by atoms with van der Waals surface area (Å²) in [6.07, 6.45) is 2.60. The highest BCUT2D eigenvalue weighted by Crippen LogP contribution is 2.44. The number of rotatable bonds is 37. The first kappa shape index (κ1) is 78.5. The van der Waals surface area contributed by atoms with Crippen LogP contribution >= 0.6 is 0 Å². The van der Waals surface area contributed by atoms with Crippen molar-refractivity contribution < 1.29 is 67.2 Å². The Kier molecular flexibility index (Phi) is 30.6. The fourth-order valence-electron chi connectivity index (χ4n) is 9.89. The Balaban J connectivity index is 5.58. The molecule has 3 amide bonds. The van der Waals surface area contributed by atoms with Gasteiger partial charge in [0.2, 0.25) is 17.7 Å². The van der Waals surface area contributed by atoms with E-state index in [-0.39, 0.29) is 79.6 Å². The number of ketones is 2. The minimum absolute atomic E-state index is 0.0145. The van der Waals surface area contributed by atoms with Crippen LogP contribution in [-0.2, 0) is 62.1 Å². The zero-order valence-electron chi connectivity index (χ0n) is 56.4. The van der Waals surface area contributed by atoms with Crippen molar-refractivity contribution in [2.75, 3.05) is 33.0 Å². The Morgan fingerprint density at radius 1 is 0.398 bits per heavy atom. The van der Waals surface area contributed by atoms with E-state index in [2.05, 4.69) is 26.6 Å². The zero-order chi connectivity index (χ0) is 65.2. The molecule has 0 spiro atoms. The quantitative estimate of drug-likeness (QED) is 0.0193. The van der Waals surface area contributed by atoms with Gasteiger partial charge in [-0.3, -0.25) is 44.2 Å². The molecule has 0 radical (unpaired) electrons. The molecule has 19 nitrogen and oxygen atoms in total. The van der Waals surface area contributed by atoms with Gasteiger partial charge < -0.3 is 40.0 Å². The minimum Gasteiger partial charge on any atom is -0.465 e. The fraction of sp³-hybridized carbons (Fsp3) is 0.859. The van der Waals surface area contributed by atoms with Crippen LogP contribution in [-0.4, -0.2) is 133 Å². The molecule has 5 unspecified atom stereocenters. The van der Waals surface area contributed by atoms with E-state index in [9.17, 15) is 48.3 Å². The van der Waals surface area contributed by atoms with Crippen LogP contribution in [0.1, 0.15) is 225 Å². The summed E-state index contributed by atoms with van der Waals surface area (Å²) >= 11 is 0. The molecule has 0 bridgehead atoms. The summed E-state index contributed by atoms with van der Waals surface area (Å²) in [4.78, 5) is 122. The molecular weight excluding hydrogens is 1060 g/mol. The summed E-state index contributed by atoms with van der Waals surface area (Å²) in [6, 6.07) is -4.70. The van der Waals surface area contributed by atoms with Gasteiger partial charge in [-0.05, 0) is 103 Å². The predicted octanol–water partition coefficient (Wildman–Crippen LogP) is 8.77. The molecule has 0 aromatic carbocycles. The van der Waals surface area contributed by atoms with Crippen LogP contribution in [0, 0.1) is 56.2 Å². The van der Waals surface area contributed by atoms with Gasteiger partial charge in [-0.1, -0.05) is 145 Å². The second kappa shape index (κ2) is 32.3. The van der Waals surface area contributed by atoms with Gasteiger partial charge in [-0.25, -0.2) is 9.59 Å². The number of hydrogen-bond donors (Lipinski definition) is 6. The fourth-order valence-corrected chi connectivity index (χ4v) is 9.89. The predicted molar refractivity (Wildman–Crippen MR) is 324 cm³/mol. The lowest BCUT2D eigenvalue weighted by atomic mass is 9.60. The van der Waals surface area contributed by atoms with E-state index in [1.165, 1.54) is 0 Å². The third-order valence-electron chi connectivity index (χ3n) is 15.8. The molecule has 19 heteroatoms. The number of unbranched alkanes of at least 4 members (excludes halogenated alkanes) is 2. The number of amides is 3. The standard InChI is InChI=1S/C64H117N5O14/c1-39(2)44(49(72)80-33-27-29-35-82-51(74)46(41(5)6)68-58(12,13)14)66-48(71)43(37-70)65-56(79)62(21,22)38-61(19,20)54(77)63(23,24)64(25,26)69-47(42(7)8)52(75)83-36-30-28-34-81-50(73)45(40(3)4)67-55(78)60(17,18)32-31-59(15,16)53(76)57(9,10)11/h39-47,68-70H,27-38H2,1-26H3,(H,65,79)(H,66,71)(H,67,78). The lowest BCUT2D eigenvalue weighted by Crippen LogP contribution is -2.63. The van der Waals surface area contributed by atoms with Crippen molar-refractivity contribution in [2.45, 2.75) is 266 Å². The highest BCUT2D eigenvalue weighted by atomic mass is 16.5.